The molecule has 2 heterocycles. The molecule has 6 heteroatoms. The van der Waals surface area contributed by atoms with E-state index < -0.39 is 5.97 Å². The van der Waals surface area contributed by atoms with Crippen molar-refractivity contribution in [3.8, 4) is 0 Å². The van der Waals surface area contributed by atoms with Crippen molar-refractivity contribution in [1.82, 2.24) is 14.6 Å². The van der Waals surface area contributed by atoms with Crippen molar-refractivity contribution in [2.45, 2.75) is 39.0 Å². The smallest absolute Gasteiger partial charge is 0.303 e. The third-order valence-corrected chi connectivity index (χ3v) is 3.11. The van der Waals surface area contributed by atoms with Gasteiger partial charge in [0.15, 0.2) is 5.82 Å². The molecule has 0 spiro atoms. The van der Waals surface area contributed by atoms with Crippen LogP contribution in [0, 0.1) is 0 Å². The summed E-state index contributed by atoms with van der Waals surface area (Å²) >= 11 is 0. The van der Waals surface area contributed by atoms with Crippen LogP contribution >= 0.6 is 0 Å². The van der Waals surface area contributed by atoms with Crippen LogP contribution in [0.3, 0.4) is 0 Å². The molecule has 6 nitrogen and oxygen atoms in total. The van der Waals surface area contributed by atoms with Gasteiger partial charge in [-0.1, -0.05) is 13.8 Å². The van der Waals surface area contributed by atoms with E-state index in [-0.39, 0.29) is 6.42 Å². The number of anilines is 1. The van der Waals surface area contributed by atoms with Crippen LogP contribution in [0.1, 0.15) is 44.7 Å². The van der Waals surface area contributed by atoms with Crippen molar-refractivity contribution in [2.24, 2.45) is 0 Å². The zero-order valence-electron chi connectivity index (χ0n) is 11.8. The number of nitrogens with zero attached hydrogens (tertiary/aromatic N) is 3. The molecule has 2 aromatic rings. The summed E-state index contributed by atoms with van der Waals surface area (Å²) in [6.45, 7) is 4.92. The number of hydrogen-bond acceptors (Lipinski definition) is 4. The lowest BCUT2D eigenvalue weighted by Gasteiger charge is -2.05. The quantitative estimate of drug-likeness (QED) is 0.760. The van der Waals surface area contributed by atoms with Gasteiger partial charge in [0, 0.05) is 25.4 Å². The second-order valence-electron chi connectivity index (χ2n) is 5.11. The van der Waals surface area contributed by atoms with Crippen molar-refractivity contribution in [2.75, 3.05) is 11.9 Å². The summed E-state index contributed by atoms with van der Waals surface area (Å²) in [4.78, 5) is 14.8. The van der Waals surface area contributed by atoms with Gasteiger partial charge in [-0.3, -0.25) is 4.79 Å². The van der Waals surface area contributed by atoms with Crippen molar-refractivity contribution in [1.29, 1.82) is 0 Å². The van der Waals surface area contributed by atoms with Crippen molar-refractivity contribution in [3.63, 3.8) is 0 Å². The second-order valence-corrected chi connectivity index (χ2v) is 5.11. The first-order chi connectivity index (χ1) is 9.58. The number of nitrogens with one attached hydrogen (secondary N) is 1. The Balaban J connectivity index is 2.00. The van der Waals surface area contributed by atoms with Gasteiger partial charge < -0.3 is 10.4 Å². The summed E-state index contributed by atoms with van der Waals surface area (Å²) in [6, 6.07) is 2.04. The second kappa shape index (κ2) is 6.36. The van der Waals surface area contributed by atoms with Crippen LogP contribution in [0.25, 0.3) is 5.52 Å². The minimum Gasteiger partial charge on any atom is -0.481 e. The van der Waals surface area contributed by atoms with Crippen molar-refractivity contribution in [3.05, 3.63) is 24.2 Å². The van der Waals surface area contributed by atoms with Gasteiger partial charge in [-0.25, -0.2) is 9.50 Å². The van der Waals surface area contributed by atoms with E-state index in [0.29, 0.717) is 18.9 Å². The summed E-state index contributed by atoms with van der Waals surface area (Å²) in [5.41, 5.74) is 1.99. The average Bonchev–Trinajstić information content (AvgIpc) is 2.83. The maximum Gasteiger partial charge on any atom is 0.303 e. The number of fused-ring (bicyclic) bond motifs is 1. The number of carboxylic acid groups (broad SMARTS) is 1. The lowest BCUT2D eigenvalue weighted by Crippen LogP contribution is -2.06. The number of unbranched alkanes of at least 4 members (excludes halogenated alkanes) is 1. The Morgan fingerprint density at radius 1 is 1.45 bits per heavy atom. The van der Waals surface area contributed by atoms with E-state index >= 15 is 0 Å². The van der Waals surface area contributed by atoms with Crippen LogP contribution in [0.4, 0.5) is 5.82 Å². The first-order valence-corrected chi connectivity index (χ1v) is 6.88. The minimum absolute atomic E-state index is 0.212. The zero-order valence-corrected chi connectivity index (χ0v) is 11.8. The Morgan fingerprint density at radius 3 is 2.95 bits per heavy atom. The molecule has 0 aliphatic heterocycles. The first kappa shape index (κ1) is 14.3. The van der Waals surface area contributed by atoms with Crippen molar-refractivity contribution < 1.29 is 9.90 Å². The molecule has 108 valence electrons. The molecule has 0 bridgehead atoms. The fraction of sp³-hybridized carbons (Fsp3) is 0.500. The highest BCUT2D eigenvalue weighted by atomic mass is 16.4. The molecular weight excluding hydrogens is 256 g/mol. The molecule has 0 aromatic carbocycles. The number of aromatic nitrogens is 3. The maximum atomic E-state index is 10.4. The number of carboxylic acids is 1. The third-order valence-electron chi connectivity index (χ3n) is 3.11. The van der Waals surface area contributed by atoms with Gasteiger partial charge in [0.1, 0.15) is 5.52 Å². The van der Waals surface area contributed by atoms with Gasteiger partial charge in [0.05, 0.1) is 5.69 Å². The summed E-state index contributed by atoms with van der Waals surface area (Å²) in [6.07, 6.45) is 5.23. The summed E-state index contributed by atoms with van der Waals surface area (Å²) in [5.74, 6) is 0.420. The number of carbonyl (C=O) groups is 1. The van der Waals surface area contributed by atoms with Crippen molar-refractivity contribution >= 4 is 17.3 Å². The highest BCUT2D eigenvalue weighted by Crippen LogP contribution is 2.19. The van der Waals surface area contributed by atoms with E-state index in [2.05, 4.69) is 29.2 Å². The molecule has 2 N–H and O–H groups in total. The van der Waals surface area contributed by atoms with Crippen LogP contribution in [-0.4, -0.2) is 32.2 Å². The molecule has 0 saturated carbocycles. The monoisotopic (exact) mass is 276 g/mol. The standard InChI is InChI=1S/C14H20N4O2/c1-10(2)11-9-12-14(16-7-8-18(12)17-11)15-6-4-3-5-13(19)20/h7-10H,3-6H2,1-2H3,(H,15,16)(H,19,20). The Bertz CT molecular complexity index is 592. The summed E-state index contributed by atoms with van der Waals surface area (Å²) in [7, 11) is 0. The average molecular weight is 276 g/mol. The fourth-order valence-corrected chi connectivity index (χ4v) is 1.97. The van der Waals surface area contributed by atoms with E-state index in [1.54, 1.807) is 6.20 Å². The molecule has 0 fully saturated rings. The van der Waals surface area contributed by atoms with E-state index in [1.165, 1.54) is 0 Å². The topological polar surface area (TPSA) is 79.5 Å². The largest absolute Gasteiger partial charge is 0.481 e. The molecule has 0 atom stereocenters. The molecule has 0 radical (unpaired) electrons. The van der Waals surface area contributed by atoms with Gasteiger partial charge in [-0.2, -0.15) is 5.10 Å². The van der Waals surface area contributed by atoms with Gasteiger partial charge in [0.2, 0.25) is 0 Å². The molecule has 0 unspecified atom stereocenters. The number of hydrogen-bond donors (Lipinski definition) is 2. The Morgan fingerprint density at radius 2 is 2.25 bits per heavy atom. The normalized spacial score (nSPS) is 11.2. The third kappa shape index (κ3) is 3.46. The van der Waals surface area contributed by atoms with E-state index in [9.17, 15) is 4.79 Å². The Hall–Kier alpha value is -2.11. The van der Waals surface area contributed by atoms with Crippen LogP contribution in [0.5, 0.6) is 0 Å². The number of rotatable bonds is 7. The minimum atomic E-state index is -0.748. The van der Waals surface area contributed by atoms with Gasteiger partial charge in [-0.15, -0.1) is 0 Å². The lowest BCUT2D eigenvalue weighted by atomic mass is 10.1. The Kier molecular flexibility index (Phi) is 4.55. The molecule has 0 amide bonds. The fourth-order valence-electron chi connectivity index (χ4n) is 1.97. The molecule has 20 heavy (non-hydrogen) atoms. The molecule has 2 rings (SSSR count). The summed E-state index contributed by atoms with van der Waals surface area (Å²) < 4.78 is 1.82. The highest BCUT2D eigenvalue weighted by Gasteiger charge is 2.09. The molecular formula is C14H20N4O2. The van der Waals surface area contributed by atoms with Crippen LogP contribution in [0.15, 0.2) is 18.5 Å². The molecule has 0 aliphatic carbocycles. The lowest BCUT2D eigenvalue weighted by molar-refractivity contribution is -0.137. The van der Waals surface area contributed by atoms with E-state index in [1.807, 2.05) is 16.8 Å². The maximum absolute atomic E-state index is 10.4. The summed E-state index contributed by atoms with van der Waals surface area (Å²) in [5, 5.41) is 16.3. The van der Waals surface area contributed by atoms with Gasteiger partial charge >= 0.3 is 5.97 Å². The predicted octanol–water partition coefficient (Wildman–Crippen LogP) is 2.52. The predicted molar refractivity (Wildman–Crippen MR) is 77.1 cm³/mol. The molecule has 2 aromatic heterocycles. The van der Waals surface area contributed by atoms with Gasteiger partial charge in [-0.05, 0) is 24.8 Å². The van der Waals surface area contributed by atoms with Gasteiger partial charge in [0.25, 0.3) is 0 Å². The van der Waals surface area contributed by atoms with Crippen LogP contribution in [0.2, 0.25) is 0 Å². The molecule has 0 saturated heterocycles. The Labute approximate surface area is 117 Å². The highest BCUT2D eigenvalue weighted by molar-refractivity contribution is 5.68. The zero-order chi connectivity index (χ0) is 14.5. The number of aliphatic carboxylic acids is 1. The first-order valence-electron chi connectivity index (χ1n) is 6.88. The SMILES string of the molecule is CC(C)c1cc2c(NCCCCC(=O)O)nccn2n1. The molecule has 0 aliphatic rings. The van der Waals surface area contributed by atoms with E-state index in [4.69, 9.17) is 5.11 Å². The van der Waals surface area contributed by atoms with Crippen LogP contribution in [-0.2, 0) is 4.79 Å². The van der Waals surface area contributed by atoms with E-state index in [0.717, 1.165) is 23.4 Å². The van der Waals surface area contributed by atoms with Crippen LogP contribution < -0.4 is 5.32 Å².